The van der Waals surface area contributed by atoms with Gasteiger partial charge in [0.1, 0.15) is 0 Å². The molecule has 0 aromatic heterocycles. The van der Waals surface area contributed by atoms with E-state index in [1.54, 1.807) is 0 Å². The SMILES string of the molecule is CC1=C(/C=C\C2=CCC[C@]3(C)[C@@H]([C@H](C)CCCC(C)(C)O)CC[C@@H]23)C[C@H](O)C[C@H]1O. The second-order valence-corrected chi connectivity index (χ2v) is 11.3. The van der Waals surface area contributed by atoms with Crippen LogP contribution in [-0.4, -0.2) is 33.1 Å². The Labute approximate surface area is 184 Å². The van der Waals surface area contributed by atoms with Gasteiger partial charge in [0, 0.05) is 6.42 Å². The number of hydrogen-bond acceptors (Lipinski definition) is 3. The Morgan fingerprint density at radius 3 is 2.67 bits per heavy atom. The Morgan fingerprint density at radius 2 is 1.97 bits per heavy atom. The first kappa shape index (κ1) is 23.8. The highest BCUT2D eigenvalue weighted by atomic mass is 16.3. The van der Waals surface area contributed by atoms with Crippen molar-refractivity contribution in [2.45, 2.75) is 110 Å². The van der Waals surface area contributed by atoms with E-state index in [9.17, 15) is 15.3 Å². The first-order valence-corrected chi connectivity index (χ1v) is 12.2. The van der Waals surface area contributed by atoms with Gasteiger partial charge in [0.25, 0.3) is 0 Å². The van der Waals surface area contributed by atoms with Crippen LogP contribution in [0, 0.1) is 23.2 Å². The van der Waals surface area contributed by atoms with Gasteiger partial charge < -0.3 is 15.3 Å². The summed E-state index contributed by atoms with van der Waals surface area (Å²) in [5.41, 5.74) is 3.38. The van der Waals surface area contributed by atoms with Crippen molar-refractivity contribution in [3.05, 3.63) is 34.9 Å². The third kappa shape index (κ3) is 5.29. The van der Waals surface area contributed by atoms with E-state index in [0.717, 1.165) is 36.3 Å². The maximum atomic E-state index is 10.2. The van der Waals surface area contributed by atoms with E-state index in [1.807, 2.05) is 20.8 Å². The summed E-state index contributed by atoms with van der Waals surface area (Å²) in [6.07, 6.45) is 15.2. The maximum Gasteiger partial charge on any atom is 0.0777 e. The topological polar surface area (TPSA) is 60.7 Å². The Morgan fingerprint density at radius 1 is 1.23 bits per heavy atom. The average molecular weight is 417 g/mol. The lowest BCUT2D eigenvalue weighted by Gasteiger charge is -2.43. The van der Waals surface area contributed by atoms with E-state index in [1.165, 1.54) is 31.3 Å². The molecule has 3 aliphatic carbocycles. The van der Waals surface area contributed by atoms with Gasteiger partial charge in [-0.25, -0.2) is 0 Å². The van der Waals surface area contributed by atoms with Crippen molar-refractivity contribution >= 4 is 0 Å². The highest BCUT2D eigenvalue weighted by molar-refractivity contribution is 5.37. The summed E-state index contributed by atoms with van der Waals surface area (Å²) in [5, 5.41) is 30.3. The Balaban J connectivity index is 1.68. The average Bonchev–Trinajstić information content (AvgIpc) is 3.00. The second kappa shape index (κ2) is 9.30. The minimum absolute atomic E-state index is 0.359. The summed E-state index contributed by atoms with van der Waals surface area (Å²) in [6.45, 7) is 10.8. The van der Waals surface area contributed by atoms with Crippen LogP contribution in [0.25, 0.3) is 0 Å². The van der Waals surface area contributed by atoms with Gasteiger partial charge in [0.15, 0.2) is 0 Å². The van der Waals surface area contributed by atoms with Crippen LogP contribution in [0.1, 0.15) is 92.4 Å². The number of allylic oxidation sites excluding steroid dienone is 4. The van der Waals surface area contributed by atoms with Crippen molar-refractivity contribution in [2.24, 2.45) is 23.2 Å². The van der Waals surface area contributed by atoms with Gasteiger partial charge in [0.2, 0.25) is 0 Å². The van der Waals surface area contributed by atoms with Crippen LogP contribution in [0.2, 0.25) is 0 Å². The van der Waals surface area contributed by atoms with Gasteiger partial charge >= 0.3 is 0 Å². The van der Waals surface area contributed by atoms with Crippen molar-refractivity contribution in [1.29, 1.82) is 0 Å². The van der Waals surface area contributed by atoms with Gasteiger partial charge in [-0.2, -0.15) is 0 Å². The zero-order chi connectivity index (χ0) is 22.1. The molecule has 3 heteroatoms. The highest BCUT2D eigenvalue weighted by Gasteiger charge is 2.49. The van der Waals surface area contributed by atoms with Gasteiger partial charge in [0.05, 0.1) is 17.8 Å². The molecule has 3 N–H and O–H groups in total. The Hall–Kier alpha value is -0.900. The smallest absolute Gasteiger partial charge is 0.0777 e. The molecule has 0 unspecified atom stereocenters. The molecule has 0 spiro atoms. The minimum atomic E-state index is -0.555. The fourth-order valence-corrected chi connectivity index (χ4v) is 6.58. The summed E-state index contributed by atoms with van der Waals surface area (Å²) in [5.74, 6) is 2.06. The summed E-state index contributed by atoms with van der Waals surface area (Å²) >= 11 is 0. The van der Waals surface area contributed by atoms with Crippen LogP contribution in [0.3, 0.4) is 0 Å². The molecule has 30 heavy (non-hydrogen) atoms. The molecule has 3 nitrogen and oxygen atoms in total. The van der Waals surface area contributed by atoms with E-state index in [4.69, 9.17) is 0 Å². The van der Waals surface area contributed by atoms with Crippen molar-refractivity contribution in [2.75, 3.05) is 0 Å². The lowest BCUT2D eigenvalue weighted by atomic mass is 9.62. The molecule has 0 aromatic carbocycles. The van der Waals surface area contributed by atoms with E-state index in [2.05, 4.69) is 32.1 Å². The van der Waals surface area contributed by atoms with Crippen LogP contribution < -0.4 is 0 Å². The normalized spacial score (nSPS) is 36.2. The Bertz CT molecular complexity index is 695. The van der Waals surface area contributed by atoms with Crippen LogP contribution in [-0.2, 0) is 0 Å². The summed E-state index contributed by atoms with van der Waals surface area (Å²) in [6, 6.07) is 0. The van der Waals surface area contributed by atoms with E-state index >= 15 is 0 Å². The first-order valence-electron chi connectivity index (χ1n) is 12.2. The summed E-state index contributed by atoms with van der Waals surface area (Å²) < 4.78 is 0. The number of rotatable bonds is 7. The van der Waals surface area contributed by atoms with Crippen molar-refractivity contribution in [3.63, 3.8) is 0 Å². The van der Waals surface area contributed by atoms with Crippen LogP contribution in [0.4, 0.5) is 0 Å². The third-order valence-electron chi connectivity index (χ3n) is 8.44. The predicted molar refractivity (Wildman–Crippen MR) is 124 cm³/mol. The van der Waals surface area contributed by atoms with Crippen molar-refractivity contribution in [1.82, 2.24) is 0 Å². The molecule has 1 saturated carbocycles. The zero-order valence-corrected chi connectivity index (χ0v) is 19.8. The van der Waals surface area contributed by atoms with Crippen molar-refractivity contribution in [3.8, 4) is 0 Å². The van der Waals surface area contributed by atoms with Crippen LogP contribution >= 0.6 is 0 Å². The Kier molecular flexibility index (Phi) is 7.37. The van der Waals surface area contributed by atoms with Gasteiger partial charge in [-0.3, -0.25) is 0 Å². The molecule has 0 radical (unpaired) electrons. The molecule has 0 bridgehead atoms. The fourth-order valence-electron chi connectivity index (χ4n) is 6.58. The van der Waals surface area contributed by atoms with Gasteiger partial charge in [-0.1, -0.05) is 44.9 Å². The molecule has 0 aromatic rings. The molecule has 1 fully saturated rings. The molecule has 3 aliphatic rings. The van der Waals surface area contributed by atoms with E-state index in [0.29, 0.717) is 30.1 Å². The third-order valence-corrected chi connectivity index (χ3v) is 8.44. The summed E-state index contributed by atoms with van der Waals surface area (Å²) in [7, 11) is 0. The largest absolute Gasteiger partial charge is 0.393 e. The molecule has 0 saturated heterocycles. The number of aliphatic hydroxyl groups excluding tert-OH is 2. The number of hydrogen-bond donors (Lipinski definition) is 3. The second-order valence-electron chi connectivity index (χ2n) is 11.3. The molecule has 3 rings (SSSR count). The summed E-state index contributed by atoms with van der Waals surface area (Å²) in [4.78, 5) is 0. The molecule has 0 amide bonds. The first-order chi connectivity index (χ1) is 14.0. The highest BCUT2D eigenvalue weighted by Crippen LogP contribution is 2.58. The molecule has 6 atom stereocenters. The maximum absolute atomic E-state index is 10.2. The van der Waals surface area contributed by atoms with E-state index < -0.39 is 17.8 Å². The number of aliphatic hydroxyl groups is 3. The standard InChI is InChI=1S/C27H44O3/c1-18(8-6-14-26(3,4)30)23-12-13-24-20(9-7-15-27(23,24)5)10-11-21-16-22(28)17-25(29)19(21)2/h9-11,18,22-25,28-30H,6-8,12-17H2,1-5H3/b11-10-/t18-,22+,23-,24+,25-,27-/m1/s1. The quantitative estimate of drug-likeness (QED) is 0.498. The molecular formula is C27H44O3. The van der Waals surface area contributed by atoms with Crippen molar-refractivity contribution < 1.29 is 15.3 Å². The lowest BCUT2D eigenvalue weighted by Crippen LogP contribution is -2.35. The molecule has 0 aliphatic heterocycles. The monoisotopic (exact) mass is 416 g/mol. The fraction of sp³-hybridized carbons (Fsp3) is 0.778. The van der Waals surface area contributed by atoms with E-state index in [-0.39, 0.29) is 0 Å². The van der Waals surface area contributed by atoms with Gasteiger partial charge in [-0.05, 0) is 99.2 Å². The minimum Gasteiger partial charge on any atom is -0.393 e. The van der Waals surface area contributed by atoms with Crippen LogP contribution in [0.15, 0.2) is 34.9 Å². The lowest BCUT2D eigenvalue weighted by molar-refractivity contribution is 0.0613. The van der Waals surface area contributed by atoms with Gasteiger partial charge in [-0.15, -0.1) is 0 Å². The molecular weight excluding hydrogens is 372 g/mol. The molecule has 0 heterocycles. The van der Waals surface area contributed by atoms with Crippen LogP contribution in [0.5, 0.6) is 0 Å². The zero-order valence-electron chi connectivity index (χ0n) is 19.8. The number of fused-ring (bicyclic) bond motifs is 1. The molecule has 170 valence electrons. The predicted octanol–water partition coefficient (Wildman–Crippen LogP) is 5.70.